The highest BCUT2D eigenvalue weighted by Crippen LogP contribution is 2.18. The van der Waals surface area contributed by atoms with Crippen LogP contribution in [0.1, 0.15) is 18.5 Å². The van der Waals surface area contributed by atoms with E-state index in [2.05, 4.69) is 4.98 Å². The summed E-state index contributed by atoms with van der Waals surface area (Å²) in [5.74, 6) is 0.656. The molecule has 3 heteroatoms. The molecular weight excluding hydrogens is 188 g/mol. The summed E-state index contributed by atoms with van der Waals surface area (Å²) in [5, 5.41) is 0. The second-order valence-electron chi connectivity index (χ2n) is 4.25. The van der Waals surface area contributed by atoms with E-state index in [1.165, 1.54) is 0 Å². The molecule has 0 aromatic carbocycles. The zero-order chi connectivity index (χ0) is 10.5. The predicted molar refractivity (Wildman–Crippen MR) is 59.5 cm³/mol. The Morgan fingerprint density at radius 3 is 3.13 bits per heavy atom. The van der Waals surface area contributed by atoms with Crippen molar-refractivity contribution in [1.29, 1.82) is 0 Å². The van der Waals surface area contributed by atoms with Gasteiger partial charge in [-0.15, -0.1) is 0 Å². The summed E-state index contributed by atoms with van der Waals surface area (Å²) in [6.45, 7) is 1.79. The van der Waals surface area contributed by atoms with Gasteiger partial charge in [-0.3, -0.25) is 4.98 Å². The first-order valence-corrected chi connectivity index (χ1v) is 5.58. The molecule has 1 aromatic heterocycles. The van der Waals surface area contributed by atoms with Crippen LogP contribution in [0.3, 0.4) is 0 Å². The molecule has 2 unspecified atom stereocenters. The van der Waals surface area contributed by atoms with E-state index < -0.39 is 0 Å². The number of nitrogens with zero attached hydrogens (tertiary/aromatic N) is 1. The van der Waals surface area contributed by atoms with Crippen molar-refractivity contribution < 1.29 is 4.74 Å². The van der Waals surface area contributed by atoms with Gasteiger partial charge < -0.3 is 10.5 Å². The van der Waals surface area contributed by atoms with Crippen LogP contribution in [0.4, 0.5) is 0 Å². The fourth-order valence-electron chi connectivity index (χ4n) is 2.07. The van der Waals surface area contributed by atoms with Gasteiger partial charge in [0.25, 0.3) is 0 Å². The van der Waals surface area contributed by atoms with E-state index in [0.29, 0.717) is 5.92 Å². The lowest BCUT2D eigenvalue weighted by atomic mass is 9.97. The quantitative estimate of drug-likeness (QED) is 0.809. The topological polar surface area (TPSA) is 48.1 Å². The van der Waals surface area contributed by atoms with Crippen LogP contribution in [0.15, 0.2) is 24.4 Å². The molecule has 2 atom stereocenters. The summed E-state index contributed by atoms with van der Waals surface area (Å²) >= 11 is 0. The summed E-state index contributed by atoms with van der Waals surface area (Å²) in [6, 6.07) is 6.19. The minimum Gasteiger partial charge on any atom is -0.381 e. The van der Waals surface area contributed by atoms with Crippen molar-refractivity contribution >= 4 is 0 Å². The fourth-order valence-corrected chi connectivity index (χ4v) is 2.07. The number of hydrogen-bond acceptors (Lipinski definition) is 3. The van der Waals surface area contributed by atoms with E-state index in [1.54, 1.807) is 0 Å². The van der Waals surface area contributed by atoms with Crippen molar-refractivity contribution in [1.82, 2.24) is 4.98 Å². The number of aromatic nitrogens is 1. The van der Waals surface area contributed by atoms with Crippen molar-refractivity contribution in [2.75, 3.05) is 13.2 Å². The maximum atomic E-state index is 6.09. The third-order valence-corrected chi connectivity index (χ3v) is 2.86. The lowest BCUT2D eigenvalue weighted by molar-refractivity contribution is 0.182. The molecule has 82 valence electrons. The minimum absolute atomic E-state index is 0.214. The molecule has 0 radical (unpaired) electrons. The number of nitrogens with two attached hydrogens (primary N) is 1. The standard InChI is InChI=1S/C12H18N2O/c13-11(7-10-4-6-15-9-10)8-12-3-1-2-5-14-12/h1-3,5,10-11H,4,6-9,13H2. The van der Waals surface area contributed by atoms with Gasteiger partial charge in [0.2, 0.25) is 0 Å². The van der Waals surface area contributed by atoms with E-state index in [9.17, 15) is 0 Å². The maximum absolute atomic E-state index is 6.09. The molecule has 3 nitrogen and oxygen atoms in total. The Labute approximate surface area is 90.7 Å². The average molecular weight is 206 g/mol. The third kappa shape index (κ3) is 3.29. The first kappa shape index (κ1) is 10.6. The van der Waals surface area contributed by atoms with Crippen molar-refractivity contribution in [3.63, 3.8) is 0 Å². The molecule has 0 spiro atoms. The lowest BCUT2D eigenvalue weighted by Crippen LogP contribution is -2.26. The molecule has 2 heterocycles. The molecule has 1 aliphatic heterocycles. The van der Waals surface area contributed by atoms with E-state index in [1.807, 2.05) is 24.4 Å². The smallest absolute Gasteiger partial charge is 0.0495 e. The Hall–Kier alpha value is -0.930. The lowest BCUT2D eigenvalue weighted by Gasteiger charge is -2.14. The SMILES string of the molecule is NC(Cc1ccccn1)CC1CCOC1. The molecule has 1 aliphatic rings. The fraction of sp³-hybridized carbons (Fsp3) is 0.583. The van der Waals surface area contributed by atoms with Gasteiger partial charge in [0.15, 0.2) is 0 Å². The molecular formula is C12H18N2O. The Morgan fingerprint density at radius 1 is 1.53 bits per heavy atom. The highest BCUT2D eigenvalue weighted by Gasteiger charge is 2.18. The first-order chi connectivity index (χ1) is 7.34. The number of rotatable bonds is 4. The van der Waals surface area contributed by atoms with Crippen molar-refractivity contribution in [3.05, 3.63) is 30.1 Å². The van der Waals surface area contributed by atoms with Crippen LogP contribution in [0.2, 0.25) is 0 Å². The van der Waals surface area contributed by atoms with Crippen molar-refractivity contribution in [3.8, 4) is 0 Å². The van der Waals surface area contributed by atoms with Crippen molar-refractivity contribution in [2.24, 2.45) is 11.7 Å². The molecule has 1 fully saturated rings. The zero-order valence-electron chi connectivity index (χ0n) is 8.93. The van der Waals surface area contributed by atoms with Crippen LogP contribution in [0.25, 0.3) is 0 Å². The highest BCUT2D eigenvalue weighted by atomic mass is 16.5. The Morgan fingerprint density at radius 2 is 2.47 bits per heavy atom. The van der Waals surface area contributed by atoms with Crippen LogP contribution < -0.4 is 5.73 Å². The minimum atomic E-state index is 0.214. The largest absolute Gasteiger partial charge is 0.381 e. The van der Waals surface area contributed by atoms with Crippen LogP contribution in [0.5, 0.6) is 0 Å². The number of ether oxygens (including phenoxy) is 1. The summed E-state index contributed by atoms with van der Waals surface area (Å²) in [5.41, 5.74) is 7.18. The first-order valence-electron chi connectivity index (χ1n) is 5.58. The second-order valence-corrected chi connectivity index (χ2v) is 4.25. The Bertz CT molecular complexity index is 283. The molecule has 1 aromatic rings. The van der Waals surface area contributed by atoms with Gasteiger partial charge in [-0.1, -0.05) is 6.07 Å². The van der Waals surface area contributed by atoms with Gasteiger partial charge in [-0.25, -0.2) is 0 Å². The normalized spacial score (nSPS) is 22.9. The molecule has 0 saturated carbocycles. The molecule has 2 rings (SSSR count). The summed E-state index contributed by atoms with van der Waals surface area (Å²) in [6.07, 6.45) is 4.91. The van der Waals surface area contributed by atoms with E-state index in [4.69, 9.17) is 10.5 Å². The number of hydrogen-bond donors (Lipinski definition) is 1. The molecule has 0 amide bonds. The third-order valence-electron chi connectivity index (χ3n) is 2.86. The molecule has 15 heavy (non-hydrogen) atoms. The molecule has 1 saturated heterocycles. The summed E-state index contributed by atoms with van der Waals surface area (Å²) < 4.78 is 5.34. The molecule has 2 N–H and O–H groups in total. The van der Waals surface area contributed by atoms with Gasteiger partial charge in [-0.05, 0) is 30.9 Å². The van der Waals surface area contributed by atoms with Gasteiger partial charge in [0.05, 0.1) is 0 Å². The van der Waals surface area contributed by atoms with Gasteiger partial charge in [0, 0.05) is 37.6 Å². The van der Waals surface area contributed by atoms with Gasteiger partial charge in [0.1, 0.15) is 0 Å². The van der Waals surface area contributed by atoms with Crippen LogP contribution in [-0.2, 0) is 11.2 Å². The van der Waals surface area contributed by atoms with Crippen molar-refractivity contribution in [2.45, 2.75) is 25.3 Å². The summed E-state index contributed by atoms with van der Waals surface area (Å²) in [7, 11) is 0. The van der Waals surface area contributed by atoms with E-state index in [0.717, 1.165) is 38.2 Å². The highest BCUT2D eigenvalue weighted by molar-refractivity contribution is 5.05. The maximum Gasteiger partial charge on any atom is 0.0495 e. The molecule has 0 aliphatic carbocycles. The van der Waals surface area contributed by atoms with Crippen LogP contribution in [-0.4, -0.2) is 24.2 Å². The van der Waals surface area contributed by atoms with Crippen LogP contribution >= 0.6 is 0 Å². The van der Waals surface area contributed by atoms with Gasteiger partial charge >= 0.3 is 0 Å². The van der Waals surface area contributed by atoms with E-state index in [-0.39, 0.29) is 6.04 Å². The van der Waals surface area contributed by atoms with Gasteiger partial charge in [-0.2, -0.15) is 0 Å². The van der Waals surface area contributed by atoms with Crippen LogP contribution in [0, 0.1) is 5.92 Å². The Kier molecular flexibility index (Phi) is 3.69. The predicted octanol–water partition coefficient (Wildman–Crippen LogP) is 1.38. The Balaban J connectivity index is 1.79. The van der Waals surface area contributed by atoms with E-state index >= 15 is 0 Å². The average Bonchev–Trinajstić information content (AvgIpc) is 2.71. The second kappa shape index (κ2) is 5.24. The zero-order valence-corrected chi connectivity index (χ0v) is 8.93. The number of pyridine rings is 1. The molecule has 0 bridgehead atoms. The summed E-state index contributed by atoms with van der Waals surface area (Å²) in [4.78, 5) is 4.28. The monoisotopic (exact) mass is 206 g/mol.